The second-order valence-corrected chi connectivity index (χ2v) is 4.87. The van der Waals surface area contributed by atoms with Crippen molar-refractivity contribution in [1.29, 1.82) is 0 Å². The third-order valence-corrected chi connectivity index (χ3v) is 3.12. The highest BCUT2D eigenvalue weighted by atomic mass is 19.4. The number of hydrogen-bond donors (Lipinski definition) is 1. The highest BCUT2D eigenvalue weighted by molar-refractivity contribution is 6.06. The average molecular weight is 339 g/mol. The van der Waals surface area contributed by atoms with Gasteiger partial charge in [-0.15, -0.1) is 0 Å². The number of methoxy groups -OCH3 is 1. The standard InChI is InChI=1S/C17H16F3NO3/c1-23-9-10-24-15-8-3-2-7-14(15)16(22)21-13-6-4-5-12(11-13)17(18,19)20/h2-8,11H,9-10H2,1H3,(H,21,22). The second-order valence-electron chi connectivity index (χ2n) is 4.87. The molecule has 0 heterocycles. The molecule has 2 aromatic carbocycles. The molecule has 2 aromatic rings. The van der Waals surface area contributed by atoms with E-state index in [1.807, 2.05) is 0 Å². The third kappa shape index (κ3) is 4.73. The molecule has 0 saturated carbocycles. The molecule has 0 spiro atoms. The molecule has 24 heavy (non-hydrogen) atoms. The zero-order valence-electron chi connectivity index (χ0n) is 12.9. The number of carbonyl (C=O) groups is 1. The van der Waals surface area contributed by atoms with Gasteiger partial charge in [0.2, 0.25) is 0 Å². The Balaban J connectivity index is 2.16. The SMILES string of the molecule is COCCOc1ccccc1C(=O)Nc1cccc(C(F)(F)F)c1. The van der Waals surface area contributed by atoms with Gasteiger partial charge in [-0.05, 0) is 30.3 Å². The molecule has 0 atom stereocenters. The molecule has 0 fully saturated rings. The molecule has 128 valence electrons. The molecule has 0 radical (unpaired) electrons. The van der Waals surface area contributed by atoms with E-state index in [0.717, 1.165) is 12.1 Å². The van der Waals surface area contributed by atoms with Crippen LogP contribution in [0.2, 0.25) is 0 Å². The van der Waals surface area contributed by atoms with Crippen molar-refractivity contribution in [1.82, 2.24) is 0 Å². The topological polar surface area (TPSA) is 47.6 Å². The Hall–Kier alpha value is -2.54. The summed E-state index contributed by atoms with van der Waals surface area (Å²) >= 11 is 0. The van der Waals surface area contributed by atoms with Crippen LogP contribution in [0.4, 0.5) is 18.9 Å². The number of anilines is 1. The quantitative estimate of drug-likeness (QED) is 0.810. The van der Waals surface area contributed by atoms with Crippen LogP contribution in [0, 0.1) is 0 Å². The molecule has 0 aliphatic heterocycles. The summed E-state index contributed by atoms with van der Waals surface area (Å²) in [6, 6.07) is 10.9. The van der Waals surface area contributed by atoms with Gasteiger partial charge >= 0.3 is 6.18 Å². The summed E-state index contributed by atoms with van der Waals surface area (Å²) in [4.78, 5) is 12.3. The van der Waals surface area contributed by atoms with Gasteiger partial charge in [0.05, 0.1) is 17.7 Å². The van der Waals surface area contributed by atoms with E-state index in [0.29, 0.717) is 12.4 Å². The predicted molar refractivity (Wildman–Crippen MR) is 83.2 cm³/mol. The Bertz CT molecular complexity index is 701. The van der Waals surface area contributed by atoms with Crippen LogP contribution >= 0.6 is 0 Å². The fourth-order valence-electron chi connectivity index (χ4n) is 1.99. The number of carbonyl (C=O) groups excluding carboxylic acids is 1. The first-order chi connectivity index (χ1) is 11.4. The molecule has 1 amide bonds. The van der Waals surface area contributed by atoms with Gasteiger partial charge in [-0.2, -0.15) is 13.2 Å². The first-order valence-electron chi connectivity index (χ1n) is 7.11. The first kappa shape index (κ1) is 17.8. The van der Waals surface area contributed by atoms with E-state index < -0.39 is 17.6 Å². The molecular formula is C17H16F3NO3. The lowest BCUT2D eigenvalue weighted by Crippen LogP contribution is -2.15. The van der Waals surface area contributed by atoms with E-state index in [1.165, 1.54) is 25.3 Å². The van der Waals surface area contributed by atoms with Gasteiger partial charge in [0.1, 0.15) is 12.4 Å². The Morgan fingerprint density at radius 3 is 2.54 bits per heavy atom. The Labute approximate surface area is 137 Å². The normalized spacial score (nSPS) is 11.2. The molecule has 0 saturated heterocycles. The minimum Gasteiger partial charge on any atom is -0.490 e. The number of amides is 1. The van der Waals surface area contributed by atoms with Crippen molar-refractivity contribution in [2.24, 2.45) is 0 Å². The predicted octanol–water partition coefficient (Wildman–Crippen LogP) is 3.98. The third-order valence-electron chi connectivity index (χ3n) is 3.12. The number of nitrogens with one attached hydrogen (secondary N) is 1. The minimum atomic E-state index is -4.47. The zero-order valence-corrected chi connectivity index (χ0v) is 12.9. The summed E-state index contributed by atoms with van der Waals surface area (Å²) in [5.41, 5.74) is -0.544. The van der Waals surface area contributed by atoms with Gasteiger partial charge in [-0.3, -0.25) is 4.79 Å². The van der Waals surface area contributed by atoms with Gasteiger partial charge in [0, 0.05) is 12.8 Å². The van der Waals surface area contributed by atoms with E-state index in [9.17, 15) is 18.0 Å². The number of ether oxygens (including phenoxy) is 2. The van der Waals surface area contributed by atoms with Crippen LogP contribution < -0.4 is 10.1 Å². The summed E-state index contributed by atoms with van der Waals surface area (Å²) in [6.07, 6.45) is -4.47. The summed E-state index contributed by atoms with van der Waals surface area (Å²) in [5, 5.41) is 2.45. The molecule has 0 bridgehead atoms. The molecular weight excluding hydrogens is 323 g/mol. The molecule has 0 aliphatic rings. The van der Waals surface area contributed by atoms with Crippen LogP contribution in [-0.2, 0) is 10.9 Å². The van der Waals surface area contributed by atoms with Crippen LogP contribution in [0.3, 0.4) is 0 Å². The van der Waals surface area contributed by atoms with Gasteiger partial charge < -0.3 is 14.8 Å². The monoisotopic (exact) mass is 339 g/mol. The number of para-hydroxylation sites is 1. The molecule has 7 heteroatoms. The van der Waals surface area contributed by atoms with E-state index in [2.05, 4.69) is 5.32 Å². The minimum absolute atomic E-state index is 0.0570. The number of hydrogen-bond acceptors (Lipinski definition) is 3. The van der Waals surface area contributed by atoms with Crippen molar-refractivity contribution in [3.63, 3.8) is 0 Å². The smallest absolute Gasteiger partial charge is 0.416 e. The molecule has 0 unspecified atom stereocenters. The molecule has 0 aliphatic carbocycles. The van der Waals surface area contributed by atoms with E-state index in [-0.39, 0.29) is 17.9 Å². The Morgan fingerprint density at radius 1 is 1.08 bits per heavy atom. The fraction of sp³-hybridized carbons (Fsp3) is 0.235. The van der Waals surface area contributed by atoms with E-state index in [1.54, 1.807) is 18.2 Å². The first-order valence-corrected chi connectivity index (χ1v) is 7.11. The summed E-state index contributed by atoms with van der Waals surface area (Å²) in [6.45, 7) is 0.605. The largest absolute Gasteiger partial charge is 0.490 e. The molecule has 2 rings (SSSR count). The fourth-order valence-corrected chi connectivity index (χ4v) is 1.99. The van der Waals surface area contributed by atoms with Crippen molar-refractivity contribution < 1.29 is 27.4 Å². The average Bonchev–Trinajstić information content (AvgIpc) is 2.55. The van der Waals surface area contributed by atoms with Crippen LogP contribution in [0.5, 0.6) is 5.75 Å². The highest BCUT2D eigenvalue weighted by Gasteiger charge is 2.30. The summed E-state index contributed by atoms with van der Waals surface area (Å²) in [5.74, 6) is -0.221. The van der Waals surface area contributed by atoms with E-state index >= 15 is 0 Å². The van der Waals surface area contributed by atoms with Crippen molar-refractivity contribution in [2.75, 3.05) is 25.6 Å². The van der Waals surface area contributed by atoms with Gasteiger partial charge in [0.15, 0.2) is 0 Å². The Kier molecular flexibility index (Phi) is 5.81. The number of rotatable bonds is 6. The zero-order chi connectivity index (χ0) is 17.6. The second kappa shape index (κ2) is 7.83. The molecule has 0 aromatic heterocycles. The lowest BCUT2D eigenvalue weighted by molar-refractivity contribution is -0.137. The van der Waals surface area contributed by atoms with Crippen molar-refractivity contribution in [3.05, 3.63) is 59.7 Å². The van der Waals surface area contributed by atoms with Crippen molar-refractivity contribution >= 4 is 11.6 Å². The molecule has 4 nitrogen and oxygen atoms in total. The van der Waals surface area contributed by atoms with Gasteiger partial charge in [0.25, 0.3) is 5.91 Å². The number of alkyl halides is 3. The van der Waals surface area contributed by atoms with Gasteiger partial charge in [-0.25, -0.2) is 0 Å². The molecule has 1 N–H and O–H groups in total. The van der Waals surface area contributed by atoms with Gasteiger partial charge in [-0.1, -0.05) is 18.2 Å². The summed E-state index contributed by atoms with van der Waals surface area (Å²) in [7, 11) is 1.52. The maximum Gasteiger partial charge on any atom is 0.416 e. The highest BCUT2D eigenvalue weighted by Crippen LogP contribution is 2.31. The van der Waals surface area contributed by atoms with E-state index in [4.69, 9.17) is 9.47 Å². The van der Waals surface area contributed by atoms with Crippen molar-refractivity contribution in [2.45, 2.75) is 6.18 Å². The van der Waals surface area contributed by atoms with Crippen LogP contribution in [0.25, 0.3) is 0 Å². The van der Waals surface area contributed by atoms with Crippen molar-refractivity contribution in [3.8, 4) is 5.75 Å². The lowest BCUT2D eigenvalue weighted by atomic mass is 10.1. The van der Waals surface area contributed by atoms with Crippen LogP contribution in [0.1, 0.15) is 15.9 Å². The lowest BCUT2D eigenvalue weighted by Gasteiger charge is -2.12. The maximum atomic E-state index is 12.7. The van der Waals surface area contributed by atoms with Crippen LogP contribution in [-0.4, -0.2) is 26.2 Å². The number of benzene rings is 2. The number of halogens is 3. The summed E-state index contributed by atoms with van der Waals surface area (Å²) < 4.78 is 48.5. The van der Waals surface area contributed by atoms with Crippen LogP contribution in [0.15, 0.2) is 48.5 Å². The Morgan fingerprint density at radius 2 is 1.83 bits per heavy atom. The maximum absolute atomic E-state index is 12.7.